The number of nitrogens with zero attached hydrogens (tertiary/aromatic N) is 3. The van der Waals surface area contributed by atoms with Crippen LogP contribution >= 0.6 is 0 Å². The van der Waals surface area contributed by atoms with E-state index >= 15 is 0 Å². The third-order valence-electron chi connectivity index (χ3n) is 3.03. The minimum Gasteiger partial charge on any atom is -0.465 e. The molecule has 25 heavy (non-hydrogen) atoms. The topological polar surface area (TPSA) is 83.0 Å². The number of nitrogens with two attached hydrogens (primary N) is 1. The van der Waals surface area contributed by atoms with Crippen LogP contribution < -0.4 is 5.73 Å². The molecule has 0 radical (unpaired) electrons. The Kier molecular flexibility index (Phi) is 4.64. The van der Waals surface area contributed by atoms with Gasteiger partial charge in [-0.3, -0.25) is 0 Å². The zero-order valence-electron chi connectivity index (χ0n) is 12.4. The highest BCUT2D eigenvalue weighted by atomic mass is 19.4. The molecule has 6 nitrogen and oxygen atoms in total. The lowest BCUT2D eigenvalue weighted by atomic mass is 10.1. The molecule has 0 saturated heterocycles. The average molecular weight is 368 g/mol. The normalized spacial score (nSPS) is 12.3. The Bertz CT molecular complexity index is 797. The molecule has 12 heteroatoms. The summed E-state index contributed by atoms with van der Waals surface area (Å²) in [6.45, 7) is -0.677. The number of alkyl halides is 6. The molecule has 1 aromatic carbocycles. The van der Waals surface area contributed by atoms with Gasteiger partial charge in [0.25, 0.3) is 5.82 Å². The van der Waals surface area contributed by atoms with E-state index in [9.17, 15) is 31.1 Å². The number of carbonyl (C=O) groups excluding carboxylic acids is 1. The maximum atomic E-state index is 12.9. The number of hydrogen-bond donors (Lipinski definition) is 1. The molecule has 2 N–H and O–H groups in total. The number of halogens is 6. The first-order valence-corrected chi connectivity index (χ1v) is 6.49. The van der Waals surface area contributed by atoms with Crippen molar-refractivity contribution >= 4 is 11.7 Å². The summed E-state index contributed by atoms with van der Waals surface area (Å²) in [4.78, 5) is 13.9. The van der Waals surface area contributed by atoms with Gasteiger partial charge < -0.3 is 10.5 Å². The van der Waals surface area contributed by atoms with Crippen LogP contribution in [0.1, 0.15) is 27.6 Å². The minimum absolute atomic E-state index is 0.0307. The summed E-state index contributed by atoms with van der Waals surface area (Å²) in [6.07, 6.45) is -10.3. The predicted molar refractivity (Wildman–Crippen MR) is 71.3 cm³/mol. The minimum atomic E-state index is -5.13. The van der Waals surface area contributed by atoms with Gasteiger partial charge in [-0.2, -0.15) is 31.3 Å². The molecule has 0 bridgehead atoms. The Morgan fingerprint density at radius 1 is 1.20 bits per heavy atom. The highest BCUT2D eigenvalue weighted by Crippen LogP contribution is 2.33. The van der Waals surface area contributed by atoms with E-state index in [-0.39, 0.29) is 21.5 Å². The Morgan fingerprint density at radius 2 is 1.84 bits per heavy atom. The first-order chi connectivity index (χ1) is 11.4. The van der Waals surface area contributed by atoms with Gasteiger partial charge >= 0.3 is 18.3 Å². The van der Waals surface area contributed by atoms with Crippen molar-refractivity contribution in [2.75, 3.05) is 12.8 Å². The van der Waals surface area contributed by atoms with Crippen LogP contribution in [-0.2, 0) is 23.6 Å². The van der Waals surface area contributed by atoms with Crippen LogP contribution in [-0.4, -0.2) is 27.8 Å². The fraction of sp³-hybridized carbons (Fsp3) is 0.308. The molecular formula is C13H10F6N4O2. The largest absolute Gasteiger partial charge is 0.465 e. The Labute approximate surface area is 136 Å². The van der Waals surface area contributed by atoms with E-state index in [1.54, 1.807) is 0 Å². The van der Waals surface area contributed by atoms with Crippen molar-refractivity contribution < 1.29 is 35.9 Å². The van der Waals surface area contributed by atoms with Gasteiger partial charge in [0.1, 0.15) is 0 Å². The van der Waals surface area contributed by atoms with Crippen LogP contribution in [0, 0.1) is 0 Å². The van der Waals surface area contributed by atoms with Crippen molar-refractivity contribution in [2.45, 2.75) is 18.9 Å². The van der Waals surface area contributed by atoms with E-state index in [2.05, 4.69) is 14.8 Å². The van der Waals surface area contributed by atoms with Crippen molar-refractivity contribution in [3.63, 3.8) is 0 Å². The number of rotatable bonds is 3. The van der Waals surface area contributed by atoms with E-state index < -0.39 is 36.5 Å². The first kappa shape index (κ1) is 18.5. The van der Waals surface area contributed by atoms with Crippen molar-refractivity contribution in [3.05, 3.63) is 41.0 Å². The van der Waals surface area contributed by atoms with Gasteiger partial charge in [0.15, 0.2) is 0 Å². The molecule has 0 aliphatic heterocycles. The zero-order chi connectivity index (χ0) is 19.0. The second-order valence-corrected chi connectivity index (χ2v) is 4.83. The van der Waals surface area contributed by atoms with Crippen LogP contribution in [0.15, 0.2) is 18.2 Å². The molecule has 0 atom stereocenters. The average Bonchev–Trinajstić information content (AvgIpc) is 2.91. The third kappa shape index (κ3) is 4.00. The van der Waals surface area contributed by atoms with Gasteiger partial charge in [-0.15, -0.1) is 5.10 Å². The molecule has 0 fully saturated rings. The molecule has 0 aliphatic rings. The SMILES string of the molecule is COC(=O)c1ccc(Cn2nc(C(F)(F)F)nc2C(F)(F)F)cc1N. The fourth-order valence-corrected chi connectivity index (χ4v) is 1.96. The monoisotopic (exact) mass is 368 g/mol. The third-order valence-corrected chi connectivity index (χ3v) is 3.03. The molecule has 0 spiro atoms. The highest BCUT2D eigenvalue weighted by Gasteiger charge is 2.43. The molecule has 0 unspecified atom stereocenters. The first-order valence-electron chi connectivity index (χ1n) is 6.49. The number of ether oxygens (including phenoxy) is 1. The van der Waals surface area contributed by atoms with E-state index in [1.165, 1.54) is 12.1 Å². The molecule has 1 heterocycles. The number of aromatic nitrogens is 3. The van der Waals surface area contributed by atoms with Crippen LogP contribution in [0.3, 0.4) is 0 Å². The lowest BCUT2D eigenvalue weighted by Crippen LogP contribution is -2.17. The maximum Gasteiger partial charge on any atom is 0.453 e. The van der Waals surface area contributed by atoms with Gasteiger partial charge in [0.05, 0.1) is 19.2 Å². The number of hydrogen-bond acceptors (Lipinski definition) is 5. The van der Waals surface area contributed by atoms with Crippen LogP contribution in [0.4, 0.5) is 32.0 Å². The molecule has 136 valence electrons. The van der Waals surface area contributed by atoms with Gasteiger partial charge in [0.2, 0.25) is 5.82 Å². The van der Waals surface area contributed by atoms with Crippen LogP contribution in [0.5, 0.6) is 0 Å². The van der Waals surface area contributed by atoms with Crippen molar-refractivity contribution in [1.29, 1.82) is 0 Å². The summed E-state index contributed by atoms with van der Waals surface area (Å²) in [6, 6.07) is 3.55. The number of anilines is 1. The van der Waals surface area contributed by atoms with Crippen molar-refractivity contribution in [3.8, 4) is 0 Å². The Morgan fingerprint density at radius 3 is 2.32 bits per heavy atom. The van der Waals surface area contributed by atoms with Gasteiger partial charge in [0, 0.05) is 5.69 Å². The smallest absolute Gasteiger partial charge is 0.453 e. The number of nitrogen functional groups attached to an aromatic ring is 1. The number of carbonyl (C=O) groups is 1. The summed E-state index contributed by atoms with van der Waals surface area (Å²) in [5.41, 5.74) is 5.56. The molecule has 0 amide bonds. The molecular weight excluding hydrogens is 358 g/mol. The molecule has 1 aromatic heterocycles. The second kappa shape index (κ2) is 6.26. The van der Waals surface area contributed by atoms with E-state index in [1.807, 2.05) is 0 Å². The molecule has 2 rings (SSSR count). The van der Waals surface area contributed by atoms with Crippen molar-refractivity contribution in [1.82, 2.24) is 14.8 Å². The lowest BCUT2D eigenvalue weighted by molar-refractivity contribution is -0.150. The number of esters is 1. The van der Waals surface area contributed by atoms with Gasteiger partial charge in [-0.05, 0) is 17.7 Å². The summed E-state index contributed by atoms with van der Waals surface area (Å²) in [5, 5.41) is 2.87. The maximum absolute atomic E-state index is 12.9. The van der Waals surface area contributed by atoms with Gasteiger partial charge in [-0.1, -0.05) is 6.07 Å². The number of methoxy groups -OCH3 is 1. The van der Waals surface area contributed by atoms with E-state index in [4.69, 9.17) is 5.73 Å². The standard InChI is InChI=1S/C13H10F6N4O2/c1-25-9(24)7-3-2-6(4-8(7)20)5-23-11(13(17,18)19)21-10(22-23)12(14,15)16/h2-4H,5,20H2,1H3. The van der Waals surface area contributed by atoms with Crippen LogP contribution in [0.25, 0.3) is 0 Å². The summed E-state index contributed by atoms with van der Waals surface area (Å²) < 4.78 is 80.9. The van der Waals surface area contributed by atoms with Crippen LogP contribution in [0.2, 0.25) is 0 Å². The Hall–Kier alpha value is -2.79. The molecule has 2 aromatic rings. The van der Waals surface area contributed by atoms with E-state index in [0.717, 1.165) is 13.2 Å². The quantitative estimate of drug-likeness (QED) is 0.512. The summed E-state index contributed by atoms with van der Waals surface area (Å²) in [5.74, 6) is -4.46. The lowest BCUT2D eigenvalue weighted by Gasteiger charge is -2.10. The molecule has 0 saturated carbocycles. The summed E-state index contributed by atoms with van der Waals surface area (Å²) >= 11 is 0. The highest BCUT2D eigenvalue weighted by molar-refractivity contribution is 5.95. The van der Waals surface area contributed by atoms with Crippen molar-refractivity contribution in [2.24, 2.45) is 0 Å². The van der Waals surface area contributed by atoms with Gasteiger partial charge in [-0.25, -0.2) is 9.48 Å². The fourth-order valence-electron chi connectivity index (χ4n) is 1.96. The second-order valence-electron chi connectivity index (χ2n) is 4.83. The number of benzene rings is 1. The predicted octanol–water partition coefficient (Wildman–Crippen LogP) is 2.73. The van der Waals surface area contributed by atoms with E-state index in [0.29, 0.717) is 0 Å². The zero-order valence-corrected chi connectivity index (χ0v) is 12.4. The Balaban J connectivity index is 2.41. The summed E-state index contributed by atoms with van der Waals surface area (Å²) in [7, 11) is 1.11. The molecule has 0 aliphatic carbocycles.